The van der Waals surface area contributed by atoms with Crippen molar-refractivity contribution in [2.75, 3.05) is 13.7 Å². The minimum absolute atomic E-state index is 0.134. The zero-order chi connectivity index (χ0) is 17.5. The summed E-state index contributed by atoms with van der Waals surface area (Å²) in [6, 6.07) is 11.2. The molecule has 0 aliphatic heterocycles. The molecule has 1 N–H and O–H groups in total. The molecule has 24 heavy (non-hydrogen) atoms. The van der Waals surface area contributed by atoms with Crippen molar-refractivity contribution in [1.82, 2.24) is 5.32 Å². The smallest absolute Gasteiger partial charge is 0.287 e. The normalized spacial score (nSPS) is 10.3. The molecule has 0 radical (unpaired) electrons. The Balaban J connectivity index is 1.81. The number of nitrogens with one attached hydrogen (secondary N) is 1. The molecule has 2 aromatic rings. The van der Waals surface area contributed by atoms with Gasteiger partial charge in [0, 0.05) is 18.0 Å². The van der Waals surface area contributed by atoms with Crippen LogP contribution in [0.5, 0.6) is 5.75 Å². The van der Waals surface area contributed by atoms with Crippen LogP contribution in [0.1, 0.15) is 11.1 Å². The number of benzene rings is 2. The van der Waals surface area contributed by atoms with Crippen LogP contribution in [0.2, 0.25) is 5.02 Å². The van der Waals surface area contributed by atoms with Gasteiger partial charge in [0.25, 0.3) is 5.91 Å². The van der Waals surface area contributed by atoms with E-state index in [1.165, 1.54) is 12.1 Å². The third-order valence-corrected chi connectivity index (χ3v) is 3.83. The van der Waals surface area contributed by atoms with Crippen LogP contribution in [0, 0.1) is 5.82 Å². The Kier molecular flexibility index (Phi) is 6.32. The van der Waals surface area contributed by atoms with Crippen LogP contribution in [0.3, 0.4) is 0 Å². The summed E-state index contributed by atoms with van der Waals surface area (Å²) in [5.41, 5.74) is 1.44. The minimum Gasteiger partial charge on any atom is -0.497 e. The Morgan fingerprint density at radius 1 is 1.17 bits per heavy atom. The summed E-state index contributed by atoms with van der Waals surface area (Å²) in [5.74, 6) is -1.02. The Labute approximate surface area is 144 Å². The van der Waals surface area contributed by atoms with Gasteiger partial charge in [-0.25, -0.2) is 4.39 Å². The molecule has 126 valence electrons. The third kappa shape index (κ3) is 5.06. The van der Waals surface area contributed by atoms with Crippen molar-refractivity contribution >= 4 is 23.3 Å². The van der Waals surface area contributed by atoms with Crippen LogP contribution >= 0.6 is 11.6 Å². The van der Waals surface area contributed by atoms with E-state index in [2.05, 4.69) is 5.32 Å². The first-order valence-corrected chi connectivity index (χ1v) is 7.75. The predicted octanol–water partition coefficient (Wildman–Crippen LogP) is 2.96. The number of rotatable bonds is 7. The average Bonchev–Trinajstić information content (AvgIpc) is 2.57. The van der Waals surface area contributed by atoms with Crippen LogP contribution in [0.15, 0.2) is 42.5 Å². The van der Waals surface area contributed by atoms with Gasteiger partial charge in [0.2, 0.25) is 5.78 Å². The van der Waals surface area contributed by atoms with E-state index in [1.807, 2.05) is 24.3 Å². The number of ketones is 1. The quantitative estimate of drug-likeness (QED) is 0.782. The second kappa shape index (κ2) is 8.45. The highest BCUT2D eigenvalue weighted by Gasteiger charge is 2.15. The van der Waals surface area contributed by atoms with E-state index in [0.29, 0.717) is 18.5 Å². The molecule has 1 amide bonds. The van der Waals surface area contributed by atoms with Crippen LogP contribution in [-0.4, -0.2) is 25.3 Å². The second-order valence-corrected chi connectivity index (χ2v) is 5.60. The van der Waals surface area contributed by atoms with Crippen LogP contribution < -0.4 is 10.1 Å². The molecule has 2 rings (SSSR count). The van der Waals surface area contributed by atoms with Gasteiger partial charge in [0.05, 0.1) is 7.11 Å². The van der Waals surface area contributed by atoms with E-state index in [4.69, 9.17) is 16.3 Å². The van der Waals surface area contributed by atoms with Crippen LogP contribution in [0.25, 0.3) is 0 Å². The fourth-order valence-corrected chi connectivity index (χ4v) is 2.36. The first-order valence-electron chi connectivity index (χ1n) is 7.37. The van der Waals surface area contributed by atoms with Crippen molar-refractivity contribution in [2.24, 2.45) is 0 Å². The number of carbonyl (C=O) groups excluding carboxylic acids is 2. The first kappa shape index (κ1) is 17.9. The summed E-state index contributed by atoms with van der Waals surface area (Å²) < 4.78 is 18.0. The molecule has 0 spiro atoms. The van der Waals surface area contributed by atoms with Crippen molar-refractivity contribution < 1.29 is 18.7 Å². The maximum absolute atomic E-state index is 13.0. The van der Waals surface area contributed by atoms with Crippen molar-refractivity contribution in [1.29, 1.82) is 0 Å². The topological polar surface area (TPSA) is 55.4 Å². The zero-order valence-corrected chi connectivity index (χ0v) is 13.9. The molecule has 0 saturated heterocycles. The van der Waals surface area contributed by atoms with Gasteiger partial charge in [-0.05, 0) is 41.8 Å². The summed E-state index contributed by atoms with van der Waals surface area (Å²) in [7, 11) is 1.59. The third-order valence-electron chi connectivity index (χ3n) is 3.48. The van der Waals surface area contributed by atoms with Gasteiger partial charge in [-0.3, -0.25) is 9.59 Å². The lowest BCUT2D eigenvalue weighted by Gasteiger charge is -2.07. The first-order chi connectivity index (χ1) is 11.5. The van der Waals surface area contributed by atoms with Crippen LogP contribution in [-0.2, 0) is 22.4 Å². The molecule has 4 nitrogen and oxygen atoms in total. The Bertz CT molecular complexity index is 732. The number of methoxy groups -OCH3 is 1. The molecule has 0 aromatic heterocycles. The van der Waals surface area contributed by atoms with Gasteiger partial charge >= 0.3 is 0 Å². The average molecular weight is 350 g/mol. The molecule has 0 aliphatic carbocycles. The molecule has 0 heterocycles. The standard InChI is InChI=1S/C18H17ClFNO3/c1-24-15-6-2-12(3-7-15)8-9-21-18(23)17(22)10-13-4-5-14(20)11-16(13)19/h2-7,11H,8-10H2,1H3,(H,21,23). The van der Waals surface area contributed by atoms with Gasteiger partial charge in [-0.1, -0.05) is 29.8 Å². The molecule has 0 unspecified atom stereocenters. The summed E-state index contributed by atoms with van der Waals surface area (Å²) in [6.45, 7) is 0.341. The van der Waals surface area contributed by atoms with Gasteiger partial charge in [-0.2, -0.15) is 0 Å². The van der Waals surface area contributed by atoms with E-state index in [0.717, 1.165) is 17.4 Å². The van der Waals surface area contributed by atoms with E-state index in [-0.39, 0.29) is 11.4 Å². The van der Waals surface area contributed by atoms with Gasteiger partial charge in [0.1, 0.15) is 11.6 Å². The molecule has 0 saturated carbocycles. The van der Waals surface area contributed by atoms with Crippen molar-refractivity contribution in [3.63, 3.8) is 0 Å². The lowest BCUT2D eigenvalue weighted by Crippen LogP contribution is -2.33. The maximum atomic E-state index is 13.0. The Morgan fingerprint density at radius 3 is 2.50 bits per heavy atom. The van der Waals surface area contributed by atoms with Crippen molar-refractivity contribution in [3.05, 3.63) is 64.4 Å². The zero-order valence-electron chi connectivity index (χ0n) is 13.1. The summed E-state index contributed by atoms with van der Waals surface area (Å²) in [5, 5.41) is 2.71. The molecule has 0 aliphatic rings. The predicted molar refractivity (Wildman–Crippen MR) is 89.8 cm³/mol. The Hall–Kier alpha value is -2.40. The molecular weight excluding hydrogens is 333 g/mol. The molecule has 6 heteroatoms. The van der Waals surface area contributed by atoms with E-state index >= 15 is 0 Å². The summed E-state index contributed by atoms with van der Waals surface area (Å²) >= 11 is 5.85. The van der Waals surface area contributed by atoms with Gasteiger partial charge < -0.3 is 10.1 Å². The molecule has 2 aromatic carbocycles. The van der Waals surface area contributed by atoms with Crippen molar-refractivity contribution in [3.8, 4) is 5.75 Å². The van der Waals surface area contributed by atoms with Crippen molar-refractivity contribution in [2.45, 2.75) is 12.8 Å². The van der Waals surface area contributed by atoms with E-state index < -0.39 is 17.5 Å². The van der Waals surface area contributed by atoms with Gasteiger partial charge in [0.15, 0.2) is 0 Å². The largest absolute Gasteiger partial charge is 0.497 e. The molecule has 0 bridgehead atoms. The van der Waals surface area contributed by atoms with Gasteiger partial charge in [-0.15, -0.1) is 0 Å². The number of hydrogen-bond donors (Lipinski definition) is 1. The highest BCUT2D eigenvalue weighted by atomic mass is 35.5. The number of carbonyl (C=O) groups is 2. The molecule has 0 atom stereocenters. The number of halogens is 2. The number of ether oxygens (including phenoxy) is 1. The molecule has 0 fully saturated rings. The monoisotopic (exact) mass is 349 g/mol. The summed E-state index contributed by atoms with van der Waals surface area (Å²) in [4.78, 5) is 23.7. The highest BCUT2D eigenvalue weighted by Crippen LogP contribution is 2.18. The second-order valence-electron chi connectivity index (χ2n) is 5.19. The van der Waals surface area contributed by atoms with E-state index in [9.17, 15) is 14.0 Å². The summed E-state index contributed by atoms with van der Waals surface area (Å²) in [6.07, 6.45) is 0.438. The lowest BCUT2D eigenvalue weighted by atomic mass is 10.1. The Morgan fingerprint density at radius 2 is 1.88 bits per heavy atom. The van der Waals surface area contributed by atoms with E-state index in [1.54, 1.807) is 7.11 Å². The number of amides is 1. The minimum atomic E-state index is -0.677. The lowest BCUT2D eigenvalue weighted by molar-refractivity contribution is -0.137. The van der Waals surface area contributed by atoms with Crippen LogP contribution in [0.4, 0.5) is 4.39 Å². The maximum Gasteiger partial charge on any atom is 0.287 e. The molecular formula is C18H17ClFNO3. The highest BCUT2D eigenvalue weighted by molar-refractivity contribution is 6.37. The SMILES string of the molecule is COc1ccc(CCNC(=O)C(=O)Cc2ccc(F)cc2Cl)cc1. The number of hydrogen-bond acceptors (Lipinski definition) is 3. The fourth-order valence-electron chi connectivity index (χ4n) is 2.13. The fraction of sp³-hybridized carbons (Fsp3) is 0.222. The number of Topliss-reactive ketones (excluding diaryl/α,β-unsaturated/α-hetero) is 1.